The minimum absolute atomic E-state index is 0.167. The van der Waals surface area contributed by atoms with Crippen molar-refractivity contribution in [2.75, 3.05) is 13.6 Å². The van der Waals surface area contributed by atoms with Gasteiger partial charge in [0.2, 0.25) is 0 Å². The SMILES string of the molecule is CCCCCN(C)C(c1cnn(C)c1)C(N)CC. The molecular formula is C14H28N4. The third-order valence-corrected chi connectivity index (χ3v) is 3.53. The number of aromatic nitrogens is 2. The topological polar surface area (TPSA) is 47.1 Å². The predicted molar refractivity (Wildman–Crippen MR) is 76.4 cm³/mol. The van der Waals surface area contributed by atoms with E-state index < -0.39 is 0 Å². The molecule has 2 atom stereocenters. The van der Waals surface area contributed by atoms with Crippen LogP contribution in [0.3, 0.4) is 0 Å². The fraction of sp³-hybridized carbons (Fsp3) is 0.786. The highest BCUT2D eigenvalue weighted by atomic mass is 15.2. The van der Waals surface area contributed by atoms with Crippen molar-refractivity contribution in [3.8, 4) is 0 Å². The van der Waals surface area contributed by atoms with E-state index in [4.69, 9.17) is 5.73 Å². The lowest BCUT2D eigenvalue weighted by Gasteiger charge is -2.31. The van der Waals surface area contributed by atoms with Crippen molar-refractivity contribution in [1.29, 1.82) is 0 Å². The molecule has 1 aromatic rings. The summed E-state index contributed by atoms with van der Waals surface area (Å²) >= 11 is 0. The van der Waals surface area contributed by atoms with Crippen LogP contribution in [0.5, 0.6) is 0 Å². The number of unbranched alkanes of at least 4 members (excludes halogenated alkanes) is 2. The van der Waals surface area contributed by atoms with Crippen LogP contribution in [0.4, 0.5) is 0 Å². The van der Waals surface area contributed by atoms with Crippen molar-refractivity contribution >= 4 is 0 Å². The van der Waals surface area contributed by atoms with E-state index in [-0.39, 0.29) is 12.1 Å². The van der Waals surface area contributed by atoms with Gasteiger partial charge in [-0.2, -0.15) is 5.10 Å². The molecule has 4 nitrogen and oxygen atoms in total. The van der Waals surface area contributed by atoms with Crippen molar-refractivity contribution in [2.24, 2.45) is 12.8 Å². The molecule has 0 aliphatic heterocycles. The second-order valence-corrected chi connectivity index (χ2v) is 5.15. The van der Waals surface area contributed by atoms with Crippen molar-refractivity contribution in [2.45, 2.75) is 51.6 Å². The third-order valence-electron chi connectivity index (χ3n) is 3.53. The van der Waals surface area contributed by atoms with E-state index >= 15 is 0 Å². The summed E-state index contributed by atoms with van der Waals surface area (Å²) in [5.74, 6) is 0. The number of aryl methyl sites for hydroxylation is 1. The Morgan fingerprint density at radius 1 is 1.39 bits per heavy atom. The van der Waals surface area contributed by atoms with E-state index in [1.807, 2.05) is 17.9 Å². The summed E-state index contributed by atoms with van der Waals surface area (Å²) in [6.45, 7) is 5.48. The fourth-order valence-corrected chi connectivity index (χ4v) is 2.39. The molecule has 18 heavy (non-hydrogen) atoms. The van der Waals surface area contributed by atoms with Crippen LogP contribution in [0.25, 0.3) is 0 Å². The first-order chi connectivity index (χ1) is 8.60. The van der Waals surface area contributed by atoms with Gasteiger partial charge < -0.3 is 5.73 Å². The van der Waals surface area contributed by atoms with Crippen LogP contribution in [0.1, 0.15) is 51.1 Å². The van der Waals surface area contributed by atoms with E-state index in [1.54, 1.807) is 0 Å². The fourth-order valence-electron chi connectivity index (χ4n) is 2.39. The van der Waals surface area contributed by atoms with Gasteiger partial charge in [0.25, 0.3) is 0 Å². The molecule has 0 saturated heterocycles. The van der Waals surface area contributed by atoms with Crippen molar-refractivity contribution in [1.82, 2.24) is 14.7 Å². The van der Waals surface area contributed by atoms with E-state index in [9.17, 15) is 0 Å². The molecule has 0 aliphatic rings. The zero-order valence-corrected chi connectivity index (χ0v) is 12.3. The van der Waals surface area contributed by atoms with Crippen LogP contribution in [0, 0.1) is 0 Å². The van der Waals surface area contributed by atoms with Crippen molar-refractivity contribution in [3.63, 3.8) is 0 Å². The molecule has 0 radical (unpaired) electrons. The van der Waals surface area contributed by atoms with Gasteiger partial charge in [-0.05, 0) is 26.4 Å². The number of nitrogens with zero attached hydrogens (tertiary/aromatic N) is 3. The van der Waals surface area contributed by atoms with Crippen LogP contribution >= 0.6 is 0 Å². The summed E-state index contributed by atoms with van der Waals surface area (Å²) in [6.07, 6.45) is 8.78. The standard InChI is InChI=1S/C14H28N4/c1-5-7-8-9-17(3)14(13(15)6-2)12-10-16-18(4)11-12/h10-11,13-14H,5-9,15H2,1-4H3. The molecule has 0 saturated carbocycles. The van der Waals surface area contributed by atoms with Gasteiger partial charge in [0.05, 0.1) is 12.2 Å². The second-order valence-electron chi connectivity index (χ2n) is 5.15. The quantitative estimate of drug-likeness (QED) is 0.722. The Morgan fingerprint density at radius 3 is 2.61 bits per heavy atom. The van der Waals surface area contributed by atoms with Crippen LogP contribution in [-0.2, 0) is 7.05 Å². The first kappa shape index (κ1) is 15.2. The van der Waals surface area contributed by atoms with Gasteiger partial charge in [0.15, 0.2) is 0 Å². The highest BCUT2D eigenvalue weighted by molar-refractivity contribution is 5.13. The average molecular weight is 252 g/mol. The number of hydrogen-bond donors (Lipinski definition) is 1. The first-order valence-electron chi connectivity index (χ1n) is 7.04. The second kappa shape index (κ2) is 7.54. The molecule has 0 spiro atoms. The van der Waals surface area contributed by atoms with E-state index in [1.165, 1.54) is 24.8 Å². The molecule has 2 unspecified atom stereocenters. The van der Waals surface area contributed by atoms with Gasteiger partial charge in [0, 0.05) is 24.8 Å². The van der Waals surface area contributed by atoms with Gasteiger partial charge in [-0.1, -0.05) is 26.7 Å². The molecule has 1 rings (SSSR count). The number of hydrogen-bond acceptors (Lipinski definition) is 3. The summed E-state index contributed by atoms with van der Waals surface area (Å²) in [5.41, 5.74) is 7.51. The normalized spacial score (nSPS) is 15.0. The van der Waals surface area contributed by atoms with Crippen molar-refractivity contribution < 1.29 is 0 Å². The lowest BCUT2D eigenvalue weighted by atomic mass is 9.99. The molecule has 0 amide bonds. The summed E-state index contributed by atoms with van der Waals surface area (Å²) in [6, 6.07) is 0.446. The van der Waals surface area contributed by atoms with Gasteiger partial charge in [-0.15, -0.1) is 0 Å². The number of likely N-dealkylation sites (N-methyl/N-ethyl adjacent to an activating group) is 1. The Hall–Kier alpha value is -0.870. The molecule has 1 heterocycles. The lowest BCUT2D eigenvalue weighted by molar-refractivity contribution is 0.206. The number of nitrogens with two attached hydrogens (primary N) is 1. The maximum atomic E-state index is 6.28. The first-order valence-corrected chi connectivity index (χ1v) is 7.04. The molecule has 4 heteroatoms. The minimum atomic E-state index is 0.167. The molecule has 0 aliphatic carbocycles. The van der Waals surface area contributed by atoms with Gasteiger partial charge >= 0.3 is 0 Å². The van der Waals surface area contributed by atoms with Crippen molar-refractivity contribution in [3.05, 3.63) is 18.0 Å². The van der Waals surface area contributed by atoms with Crippen LogP contribution < -0.4 is 5.73 Å². The summed E-state index contributed by atoms with van der Waals surface area (Å²) in [7, 11) is 4.12. The monoisotopic (exact) mass is 252 g/mol. The molecule has 1 aromatic heterocycles. The van der Waals surface area contributed by atoms with E-state index in [0.29, 0.717) is 0 Å². The maximum absolute atomic E-state index is 6.28. The van der Waals surface area contributed by atoms with Gasteiger partial charge in [0.1, 0.15) is 0 Å². The molecule has 2 N–H and O–H groups in total. The summed E-state index contributed by atoms with van der Waals surface area (Å²) in [5, 5.41) is 4.27. The molecule has 0 bridgehead atoms. The lowest BCUT2D eigenvalue weighted by Crippen LogP contribution is -2.39. The highest BCUT2D eigenvalue weighted by Gasteiger charge is 2.23. The van der Waals surface area contributed by atoms with E-state index in [0.717, 1.165) is 13.0 Å². The molecule has 0 aromatic carbocycles. The zero-order valence-electron chi connectivity index (χ0n) is 12.3. The largest absolute Gasteiger partial charge is 0.326 e. The zero-order chi connectivity index (χ0) is 13.5. The third kappa shape index (κ3) is 4.10. The van der Waals surface area contributed by atoms with Gasteiger partial charge in [-0.25, -0.2) is 0 Å². The number of rotatable bonds is 8. The van der Waals surface area contributed by atoms with Gasteiger partial charge in [-0.3, -0.25) is 9.58 Å². The average Bonchev–Trinajstić information content (AvgIpc) is 2.76. The van der Waals surface area contributed by atoms with Crippen LogP contribution in [-0.4, -0.2) is 34.3 Å². The van der Waals surface area contributed by atoms with Crippen LogP contribution in [0.15, 0.2) is 12.4 Å². The smallest absolute Gasteiger partial charge is 0.0538 e. The summed E-state index contributed by atoms with van der Waals surface area (Å²) < 4.78 is 1.85. The summed E-state index contributed by atoms with van der Waals surface area (Å²) in [4.78, 5) is 2.38. The Bertz CT molecular complexity index is 334. The molecular weight excluding hydrogens is 224 g/mol. The molecule has 0 fully saturated rings. The Morgan fingerprint density at radius 2 is 2.11 bits per heavy atom. The minimum Gasteiger partial charge on any atom is -0.326 e. The highest BCUT2D eigenvalue weighted by Crippen LogP contribution is 2.23. The Balaban J connectivity index is 2.72. The predicted octanol–water partition coefficient (Wildman–Crippen LogP) is 2.32. The van der Waals surface area contributed by atoms with Crippen LogP contribution in [0.2, 0.25) is 0 Å². The Labute approximate surface area is 111 Å². The Kier molecular flexibility index (Phi) is 6.36. The molecule has 104 valence electrons. The van der Waals surface area contributed by atoms with E-state index in [2.05, 4.69) is 37.1 Å². The maximum Gasteiger partial charge on any atom is 0.0538 e.